The molecule has 0 saturated heterocycles. The lowest BCUT2D eigenvalue weighted by Gasteiger charge is -2.23. The first-order valence-electron chi connectivity index (χ1n) is 12.6. The average molecular weight is 511 g/mol. The van der Waals surface area contributed by atoms with Crippen molar-refractivity contribution < 1.29 is 14.7 Å². The molecule has 5 rings (SSSR count). The number of amides is 1. The Morgan fingerprint density at radius 1 is 0.946 bits per heavy atom. The van der Waals surface area contributed by atoms with Gasteiger partial charge in [-0.1, -0.05) is 50.2 Å². The molecule has 2 N–H and O–H groups in total. The highest BCUT2D eigenvalue weighted by Crippen LogP contribution is 2.36. The van der Waals surface area contributed by atoms with Crippen LogP contribution in [0.2, 0.25) is 0 Å². The van der Waals surface area contributed by atoms with Gasteiger partial charge in [0.1, 0.15) is 0 Å². The summed E-state index contributed by atoms with van der Waals surface area (Å²) in [5.74, 6) is -0.699. The SMILES string of the molecule is CC(C)CC(c1ccc(C(=O)NCCC(=O)O)cc1)n1ccc2cc(-c3cc4ccccc4s3)ccc21. The molecule has 1 amide bonds. The zero-order valence-electron chi connectivity index (χ0n) is 21.0. The number of carbonyl (C=O) groups excluding carboxylic acids is 1. The van der Waals surface area contributed by atoms with E-state index in [9.17, 15) is 9.59 Å². The first kappa shape index (κ1) is 24.8. The minimum Gasteiger partial charge on any atom is -0.481 e. The number of benzene rings is 3. The van der Waals surface area contributed by atoms with Crippen molar-refractivity contribution in [2.24, 2.45) is 5.92 Å². The zero-order valence-corrected chi connectivity index (χ0v) is 21.8. The van der Waals surface area contributed by atoms with Gasteiger partial charge in [-0.25, -0.2) is 0 Å². The number of aromatic nitrogens is 1. The van der Waals surface area contributed by atoms with Gasteiger partial charge in [-0.2, -0.15) is 0 Å². The van der Waals surface area contributed by atoms with Crippen LogP contribution in [-0.4, -0.2) is 28.1 Å². The maximum Gasteiger partial charge on any atom is 0.305 e. The zero-order chi connectivity index (χ0) is 25.9. The van der Waals surface area contributed by atoms with Gasteiger partial charge in [0.15, 0.2) is 0 Å². The Kier molecular flexibility index (Phi) is 7.10. The summed E-state index contributed by atoms with van der Waals surface area (Å²) in [7, 11) is 0. The Labute approximate surface area is 220 Å². The lowest BCUT2D eigenvalue weighted by Crippen LogP contribution is -2.26. The van der Waals surface area contributed by atoms with Crippen molar-refractivity contribution in [2.75, 3.05) is 6.54 Å². The summed E-state index contributed by atoms with van der Waals surface area (Å²) in [5, 5.41) is 13.9. The normalized spacial score (nSPS) is 12.3. The van der Waals surface area contributed by atoms with Crippen LogP contribution in [0.4, 0.5) is 0 Å². The Balaban J connectivity index is 1.42. The quantitative estimate of drug-likeness (QED) is 0.218. The fourth-order valence-electron chi connectivity index (χ4n) is 4.81. The van der Waals surface area contributed by atoms with Gasteiger partial charge in [0, 0.05) is 38.8 Å². The molecule has 0 aliphatic heterocycles. The van der Waals surface area contributed by atoms with Crippen molar-refractivity contribution in [3.63, 3.8) is 0 Å². The van der Waals surface area contributed by atoms with Gasteiger partial charge in [0.2, 0.25) is 0 Å². The van der Waals surface area contributed by atoms with Crippen LogP contribution < -0.4 is 5.32 Å². The summed E-state index contributed by atoms with van der Waals surface area (Å²) in [5.41, 5.74) is 4.08. The molecule has 1 atom stereocenters. The molecule has 5 nitrogen and oxygen atoms in total. The Hall–Kier alpha value is -3.90. The molecule has 37 heavy (non-hydrogen) atoms. The molecule has 0 spiro atoms. The van der Waals surface area contributed by atoms with Crippen LogP contribution in [0.3, 0.4) is 0 Å². The molecule has 6 heteroatoms. The Morgan fingerprint density at radius 2 is 1.73 bits per heavy atom. The molecule has 2 heterocycles. The van der Waals surface area contributed by atoms with Crippen molar-refractivity contribution in [1.82, 2.24) is 9.88 Å². The van der Waals surface area contributed by atoms with Gasteiger partial charge in [0.25, 0.3) is 5.91 Å². The lowest BCUT2D eigenvalue weighted by molar-refractivity contribution is -0.136. The van der Waals surface area contributed by atoms with Gasteiger partial charge in [0.05, 0.1) is 12.5 Å². The van der Waals surface area contributed by atoms with Crippen molar-refractivity contribution in [1.29, 1.82) is 0 Å². The molecule has 0 bridgehead atoms. The predicted octanol–water partition coefficient (Wildman–Crippen LogP) is 7.36. The minimum atomic E-state index is -0.929. The number of carboxylic acids is 1. The molecule has 0 fully saturated rings. The highest BCUT2D eigenvalue weighted by atomic mass is 32.1. The van der Waals surface area contributed by atoms with Gasteiger partial charge in [-0.05, 0) is 71.3 Å². The molecular weight excluding hydrogens is 480 g/mol. The number of rotatable bonds is 9. The summed E-state index contributed by atoms with van der Waals surface area (Å²) >= 11 is 1.82. The largest absolute Gasteiger partial charge is 0.481 e. The second-order valence-electron chi connectivity index (χ2n) is 9.81. The third kappa shape index (κ3) is 5.44. The number of nitrogens with one attached hydrogen (secondary N) is 1. The van der Waals surface area contributed by atoms with E-state index in [1.165, 1.54) is 31.4 Å². The van der Waals surface area contributed by atoms with E-state index in [2.05, 4.69) is 84.5 Å². The van der Waals surface area contributed by atoms with E-state index in [0.29, 0.717) is 11.5 Å². The summed E-state index contributed by atoms with van der Waals surface area (Å²) in [6, 6.07) is 27.4. The number of aliphatic carboxylic acids is 1. The van der Waals surface area contributed by atoms with Gasteiger partial charge >= 0.3 is 5.97 Å². The number of carboxylic acid groups (broad SMARTS) is 1. The summed E-state index contributed by atoms with van der Waals surface area (Å²) < 4.78 is 3.64. The maximum absolute atomic E-state index is 12.4. The van der Waals surface area contributed by atoms with E-state index in [-0.39, 0.29) is 24.9 Å². The van der Waals surface area contributed by atoms with E-state index < -0.39 is 5.97 Å². The molecule has 0 aliphatic carbocycles. The number of hydrogen-bond acceptors (Lipinski definition) is 3. The van der Waals surface area contributed by atoms with Crippen molar-refractivity contribution in [3.05, 3.63) is 96.2 Å². The fraction of sp³-hybridized carbons (Fsp3) is 0.226. The van der Waals surface area contributed by atoms with E-state index in [0.717, 1.165) is 12.0 Å². The second-order valence-corrected chi connectivity index (χ2v) is 10.9. The van der Waals surface area contributed by atoms with Crippen LogP contribution in [-0.2, 0) is 4.79 Å². The van der Waals surface area contributed by atoms with Crippen molar-refractivity contribution >= 4 is 44.2 Å². The summed E-state index contributed by atoms with van der Waals surface area (Å²) in [4.78, 5) is 24.4. The summed E-state index contributed by atoms with van der Waals surface area (Å²) in [6.07, 6.45) is 3.04. The number of carbonyl (C=O) groups is 2. The molecular formula is C31H30N2O3S. The monoisotopic (exact) mass is 510 g/mol. The molecule has 0 saturated carbocycles. The molecule has 5 aromatic rings. The smallest absolute Gasteiger partial charge is 0.305 e. The Bertz CT molecular complexity index is 1530. The molecule has 188 valence electrons. The van der Waals surface area contributed by atoms with Gasteiger partial charge in [-0.15, -0.1) is 11.3 Å². The molecule has 2 aromatic heterocycles. The van der Waals surface area contributed by atoms with E-state index in [1.807, 2.05) is 35.6 Å². The van der Waals surface area contributed by atoms with Crippen LogP contribution in [0, 0.1) is 5.92 Å². The summed E-state index contributed by atoms with van der Waals surface area (Å²) in [6.45, 7) is 4.57. The van der Waals surface area contributed by atoms with E-state index in [1.54, 1.807) is 0 Å². The molecule has 3 aromatic carbocycles. The van der Waals surface area contributed by atoms with Crippen molar-refractivity contribution in [2.45, 2.75) is 32.7 Å². The van der Waals surface area contributed by atoms with Gasteiger partial charge < -0.3 is 15.0 Å². The van der Waals surface area contributed by atoms with Crippen molar-refractivity contribution in [3.8, 4) is 10.4 Å². The number of hydrogen-bond donors (Lipinski definition) is 2. The topological polar surface area (TPSA) is 71.3 Å². The van der Waals surface area contributed by atoms with Crippen LogP contribution in [0.15, 0.2) is 85.1 Å². The molecule has 0 aliphatic rings. The Morgan fingerprint density at radius 3 is 2.46 bits per heavy atom. The number of fused-ring (bicyclic) bond motifs is 2. The maximum atomic E-state index is 12.4. The van der Waals surface area contributed by atoms with Crippen LogP contribution >= 0.6 is 11.3 Å². The molecule has 1 unspecified atom stereocenters. The van der Waals surface area contributed by atoms with E-state index >= 15 is 0 Å². The first-order chi connectivity index (χ1) is 17.9. The van der Waals surface area contributed by atoms with E-state index in [4.69, 9.17) is 5.11 Å². The lowest BCUT2D eigenvalue weighted by atomic mass is 9.95. The third-order valence-corrected chi connectivity index (χ3v) is 7.81. The number of thiophene rings is 1. The standard InChI is InChI=1S/C31H30N2O3S/c1-20(2)17-27(21-7-9-22(10-8-21)31(36)32-15-13-30(34)35)33-16-14-23-18-25(11-12-26(23)33)29-19-24-5-3-4-6-28(24)37-29/h3-12,14,16,18-20,27H,13,15,17H2,1-2H3,(H,32,36)(H,34,35). The number of nitrogens with zero attached hydrogens (tertiary/aromatic N) is 1. The minimum absolute atomic E-state index is 0.0917. The highest BCUT2D eigenvalue weighted by Gasteiger charge is 2.19. The first-order valence-corrected chi connectivity index (χ1v) is 13.4. The van der Waals surface area contributed by atoms with Gasteiger partial charge in [-0.3, -0.25) is 9.59 Å². The highest BCUT2D eigenvalue weighted by molar-refractivity contribution is 7.22. The average Bonchev–Trinajstić information content (AvgIpc) is 3.51. The third-order valence-electron chi connectivity index (χ3n) is 6.64. The fourth-order valence-corrected chi connectivity index (χ4v) is 5.87. The predicted molar refractivity (Wildman–Crippen MR) is 151 cm³/mol. The van der Waals surface area contributed by atoms with Crippen LogP contribution in [0.5, 0.6) is 0 Å². The molecule has 0 radical (unpaired) electrons. The van der Waals surface area contributed by atoms with Crippen LogP contribution in [0.25, 0.3) is 31.4 Å². The van der Waals surface area contributed by atoms with Crippen LogP contribution in [0.1, 0.15) is 48.7 Å². The second kappa shape index (κ2) is 10.6.